The van der Waals surface area contributed by atoms with Gasteiger partial charge in [0.25, 0.3) is 0 Å². The minimum Gasteiger partial charge on any atom is -0.393 e. The van der Waals surface area contributed by atoms with Crippen molar-refractivity contribution in [1.29, 1.82) is 0 Å². The van der Waals surface area contributed by atoms with Gasteiger partial charge in [0.1, 0.15) is 18.5 Å². The summed E-state index contributed by atoms with van der Waals surface area (Å²) in [5, 5.41) is 17.3. The van der Waals surface area contributed by atoms with Crippen LogP contribution in [0.1, 0.15) is 31.2 Å². The maximum atomic E-state index is 9.90. The van der Waals surface area contributed by atoms with Crippen LogP contribution in [0.25, 0.3) is 0 Å². The van der Waals surface area contributed by atoms with E-state index in [9.17, 15) is 5.11 Å². The molecule has 0 amide bonds. The van der Waals surface area contributed by atoms with Crippen molar-refractivity contribution in [3.05, 3.63) is 23.9 Å². The molecule has 1 heterocycles. The lowest BCUT2D eigenvalue weighted by Gasteiger charge is -2.12. The van der Waals surface area contributed by atoms with Gasteiger partial charge in [0.2, 0.25) is 0 Å². The summed E-state index contributed by atoms with van der Waals surface area (Å²) in [6.45, 7) is 2.63. The first-order chi connectivity index (χ1) is 10.2. The van der Waals surface area contributed by atoms with Crippen LogP contribution >= 0.6 is 0 Å². The van der Waals surface area contributed by atoms with Crippen molar-refractivity contribution in [2.75, 3.05) is 18.5 Å². The number of pyridine rings is 1. The Balaban J connectivity index is 1.38. The van der Waals surface area contributed by atoms with Crippen LogP contribution in [0.5, 0.6) is 0 Å². The lowest BCUT2D eigenvalue weighted by atomic mass is 10.2. The van der Waals surface area contributed by atoms with Gasteiger partial charge in [-0.05, 0) is 44.2 Å². The molecule has 2 N–H and O–H groups in total. The second-order valence-corrected chi connectivity index (χ2v) is 6.12. The zero-order valence-electron chi connectivity index (χ0n) is 12.5. The Bertz CT molecular complexity index is 479. The van der Waals surface area contributed by atoms with E-state index in [1.807, 2.05) is 19.1 Å². The summed E-state index contributed by atoms with van der Waals surface area (Å²) >= 11 is 0. The Morgan fingerprint density at radius 1 is 1.38 bits per heavy atom. The van der Waals surface area contributed by atoms with Crippen LogP contribution in [-0.4, -0.2) is 35.1 Å². The molecule has 1 aromatic heterocycles. The van der Waals surface area contributed by atoms with Gasteiger partial charge in [-0.3, -0.25) is 0 Å². The van der Waals surface area contributed by atoms with Crippen molar-refractivity contribution in [2.24, 2.45) is 17.0 Å². The maximum absolute atomic E-state index is 9.90. The molecule has 5 heteroatoms. The van der Waals surface area contributed by atoms with Gasteiger partial charge >= 0.3 is 0 Å². The molecule has 114 valence electrons. The average molecular weight is 289 g/mol. The average Bonchev–Trinajstić information content (AvgIpc) is 3.37. The normalized spacial score (nSPS) is 19.0. The number of aryl methyl sites for hydroxylation is 1. The second-order valence-electron chi connectivity index (χ2n) is 6.12. The molecular weight excluding hydrogens is 266 g/mol. The molecular formula is C16H23N3O2. The van der Waals surface area contributed by atoms with Crippen LogP contribution in [0.15, 0.2) is 23.5 Å². The van der Waals surface area contributed by atoms with Gasteiger partial charge in [0, 0.05) is 24.6 Å². The molecule has 0 saturated heterocycles. The predicted octanol–water partition coefficient (Wildman–Crippen LogP) is 2.36. The number of nitrogens with one attached hydrogen (secondary N) is 1. The van der Waals surface area contributed by atoms with E-state index in [-0.39, 0.29) is 6.61 Å². The fraction of sp³-hybridized carbons (Fsp3) is 0.625. The number of aliphatic hydroxyl groups is 1. The monoisotopic (exact) mass is 289 g/mol. The van der Waals surface area contributed by atoms with Crippen LogP contribution < -0.4 is 5.32 Å². The number of rotatable bonds is 8. The van der Waals surface area contributed by atoms with Gasteiger partial charge in [-0.1, -0.05) is 11.2 Å². The lowest BCUT2D eigenvalue weighted by Crippen LogP contribution is -2.24. The molecule has 2 fully saturated rings. The molecule has 5 nitrogen and oxygen atoms in total. The molecule has 1 unspecified atom stereocenters. The standard InChI is InChI=1S/C16H23N3O2/c1-11-2-7-15(17-8-11)18-9-14(20)10-21-19-16(12-3-4-12)13-5-6-13/h2,7-8,12-14,20H,3-6,9-10H2,1H3,(H,17,18). The van der Waals surface area contributed by atoms with Gasteiger partial charge in [0.05, 0.1) is 5.71 Å². The molecule has 0 aliphatic heterocycles. The van der Waals surface area contributed by atoms with Gasteiger partial charge in [-0.2, -0.15) is 0 Å². The van der Waals surface area contributed by atoms with E-state index in [4.69, 9.17) is 4.84 Å². The minimum atomic E-state index is -0.587. The van der Waals surface area contributed by atoms with Crippen molar-refractivity contribution >= 4 is 11.5 Å². The van der Waals surface area contributed by atoms with E-state index in [1.54, 1.807) is 6.20 Å². The number of hydrogen-bond acceptors (Lipinski definition) is 5. The Labute approximate surface area is 125 Å². The van der Waals surface area contributed by atoms with Crippen LogP contribution in [-0.2, 0) is 4.84 Å². The highest BCUT2D eigenvalue weighted by Crippen LogP contribution is 2.42. The van der Waals surface area contributed by atoms with Crippen LogP contribution in [0.4, 0.5) is 5.82 Å². The quantitative estimate of drug-likeness (QED) is 0.569. The fourth-order valence-electron chi connectivity index (χ4n) is 2.29. The number of hydrogen-bond donors (Lipinski definition) is 2. The molecule has 1 aromatic rings. The third-order valence-corrected chi connectivity index (χ3v) is 3.86. The highest BCUT2D eigenvalue weighted by atomic mass is 16.6. The molecule has 3 rings (SSSR count). The van der Waals surface area contributed by atoms with Crippen molar-refractivity contribution in [3.8, 4) is 0 Å². The third-order valence-electron chi connectivity index (χ3n) is 3.86. The highest BCUT2D eigenvalue weighted by Gasteiger charge is 2.38. The van der Waals surface area contributed by atoms with E-state index in [1.165, 1.54) is 31.4 Å². The van der Waals surface area contributed by atoms with E-state index in [0.29, 0.717) is 18.4 Å². The number of anilines is 1. The summed E-state index contributed by atoms with van der Waals surface area (Å²) in [5.41, 5.74) is 2.35. The van der Waals surface area contributed by atoms with Gasteiger partial charge in [0.15, 0.2) is 0 Å². The maximum Gasteiger partial charge on any atom is 0.144 e. The van der Waals surface area contributed by atoms with Gasteiger partial charge < -0.3 is 15.3 Å². The fourth-order valence-corrected chi connectivity index (χ4v) is 2.29. The van der Waals surface area contributed by atoms with Gasteiger partial charge in [-0.25, -0.2) is 4.98 Å². The molecule has 2 aliphatic rings. The summed E-state index contributed by atoms with van der Waals surface area (Å²) in [7, 11) is 0. The highest BCUT2D eigenvalue weighted by molar-refractivity contribution is 5.92. The van der Waals surface area contributed by atoms with Crippen molar-refractivity contribution in [1.82, 2.24) is 4.98 Å². The van der Waals surface area contributed by atoms with Crippen LogP contribution in [0.2, 0.25) is 0 Å². The largest absolute Gasteiger partial charge is 0.393 e. The first kappa shape index (κ1) is 14.3. The number of oxime groups is 1. The van der Waals surface area contributed by atoms with Crippen molar-refractivity contribution in [3.63, 3.8) is 0 Å². The molecule has 2 aliphatic carbocycles. The topological polar surface area (TPSA) is 66.7 Å². The van der Waals surface area contributed by atoms with E-state index in [0.717, 1.165) is 11.4 Å². The second kappa shape index (κ2) is 6.43. The smallest absolute Gasteiger partial charge is 0.144 e. The number of nitrogens with zero attached hydrogens (tertiary/aromatic N) is 2. The lowest BCUT2D eigenvalue weighted by molar-refractivity contribution is 0.0461. The Kier molecular flexibility index (Phi) is 4.39. The van der Waals surface area contributed by atoms with E-state index >= 15 is 0 Å². The van der Waals surface area contributed by atoms with Crippen molar-refractivity contribution < 1.29 is 9.94 Å². The molecule has 1 atom stereocenters. The molecule has 21 heavy (non-hydrogen) atoms. The predicted molar refractivity (Wildman–Crippen MR) is 82.3 cm³/mol. The Morgan fingerprint density at radius 2 is 2.10 bits per heavy atom. The third kappa shape index (κ3) is 4.43. The summed E-state index contributed by atoms with van der Waals surface area (Å²) in [5.74, 6) is 2.08. The van der Waals surface area contributed by atoms with Gasteiger partial charge in [-0.15, -0.1) is 0 Å². The molecule has 2 saturated carbocycles. The first-order valence-electron chi connectivity index (χ1n) is 7.76. The summed E-state index contributed by atoms with van der Waals surface area (Å²) in [4.78, 5) is 9.58. The van der Waals surface area contributed by atoms with Crippen molar-refractivity contribution in [2.45, 2.75) is 38.7 Å². The summed E-state index contributed by atoms with van der Waals surface area (Å²) in [6, 6.07) is 3.89. The Morgan fingerprint density at radius 3 is 2.67 bits per heavy atom. The molecule has 0 bridgehead atoms. The van der Waals surface area contributed by atoms with Crippen LogP contribution in [0, 0.1) is 18.8 Å². The molecule has 0 spiro atoms. The zero-order chi connectivity index (χ0) is 14.7. The summed E-state index contributed by atoms with van der Waals surface area (Å²) in [6.07, 6.45) is 6.22. The minimum absolute atomic E-state index is 0.224. The first-order valence-corrected chi connectivity index (χ1v) is 7.76. The van der Waals surface area contributed by atoms with E-state index in [2.05, 4.69) is 15.5 Å². The Hall–Kier alpha value is -1.62. The zero-order valence-corrected chi connectivity index (χ0v) is 12.5. The SMILES string of the molecule is Cc1ccc(NCC(O)CON=C(C2CC2)C2CC2)nc1. The molecule has 0 radical (unpaired) electrons. The van der Waals surface area contributed by atoms with E-state index < -0.39 is 6.10 Å². The number of aromatic nitrogens is 1. The summed E-state index contributed by atoms with van der Waals surface area (Å²) < 4.78 is 0. The number of aliphatic hydroxyl groups excluding tert-OH is 1. The van der Waals surface area contributed by atoms with Crippen LogP contribution in [0.3, 0.4) is 0 Å². The molecule has 0 aromatic carbocycles.